The summed E-state index contributed by atoms with van der Waals surface area (Å²) in [5, 5.41) is 10.0. The Labute approximate surface area is 117 Å². The lowest BCUT2D eigenvalue weighted by molar-refractivity contribution is 0.0314. The lowest BCUT2D eigenvalue weighted by atomic mass is 10.1. The van der Waals surface area contributed by atoms with Crippen LogP contribution < -0.4 is 4.72 Å². The van der Waals surface area contributed by atoms with Gasteiger partial charge in [-0.3, -0.25) is 4.79 Å². The highest BCUT2D eigenvalue weighted by atomic mass is 32.2. The van der Waals surface area contributed by atoms with Gasteiger partial charge in [0.25, 0.3) is 0 Å². The van der Waals surface area contributed by atoms with E-state index >= 15 is 0 Å². The number of carbonyl (C=O) groups excluding carboxylic acids is 1. The van der Waals surface area contributed by atoms with Crippen LogP contribution in [-0.4, -0.2) is 44.7 Å². The summed E-state index contributed by atoms with van der Waals surface area (Å²) >= 11 is 0. The van der Waals surface area contributed by atoms with Crippen molar-refractivity contribution in [3.05, 3.63) is 29.8 Å². The first-order valence-corrected chi connectivity index (χ1v) is 7.72. The Kier molecular flexibility index (Phi) is 4.24. The summed E-state index contributed by atoms with van der Waals surface area (Å²) in [5.74, 6) is -0.204. The molecular formula is C13H17NO5S. The van der Waals surface area contributed by atoms with Crippen LogP contribution in [0.5, 0.6) is 0 Å². The molecule has 0 aliphatic carbocycles. The Hall–Kier alpha value is -1.28. The maximum absolute atomic E-state index is 12.1. The molecule has 1 aliphatic rings. The van der Waals surface area contributed by atoms with Crippen molar-refractivity contribution < 1.29 is 23.1 Å². The molecule has 2 rings (SSSR count). The summed E-state index contributed by atoms with van der Waals surface area (Å²) in [7, 11) is -3.76. The minimum Gasteiger partial charge on any atom is -0.386 e. The predicted molar refractivity (Wildman–Crippen MR) is 72.0 cm³/mol. The third-order valence-corrected chi connectivity index (χ3v) is 4.62. The van der Waals surface area contributed by atoms with Crippen molar-refractivity contribution in [2.75, 3.05) is 19.8 Å². The number of rotatable bonds is 5. The minimum absolute atomic E-state index is 0.00714. The molecule has 20 heavy (non-hydrogen) atoms. The van der Waals surface area contributed by atoms with Crippen LogP contribution in [-0.2, 0) is 14.8 Å². The maximum Gasteiger partial charge on any atom is 0.240 e. The first-order valence-electron chi connectivity index (χ1n) is 6.23. The second-order valence-corrected chi connectivity index (χ2v) is 6.70. The summed E-state index contributed by atoms with van der Waals surface area (Å²) in [6, 6.07) is 5.79. The van der Waals surface area contributed by atoms with Crippen LogP contribution in [0, 0.1) is 0 Å². The fourth-order valence-corrected chi connectivity index (χ4v) is 3.10. The summed E-state index contributed by atoms with van der Waals surface area (Å²) in [6.07, 6.45) is 0.392. The number of ketones is 1. The molecule has 1 aromatic carbocycles. The van der Waals surface area contributed by atoms with E-state index in [9.17, 15) is 18.3 Å². The number of sulfonamides is 1. The lowest BCUT2D eigenvalue weighted by Gasteiger charge is -2.20. The van der Waals surface area contributed by atoms with Crippen molar-refractivity contribution in [2.45, 2.75) is 23.8 Å². The Morgan fingerprint density at radius 3 is 2.85 bits per heavy atom. The second kappa shape index (κ2) is 5.61. The van der Waals surface area contributed by atoms with E-state index in [0.717, 1.165) is 0 Å². The zero-order valence-corrected chi connectivity index (χ0v) is 11.9. The Morgan fingerprint density at radius 2 is 2.25 bits per heavy atom. The molecule has 110 valence electrons. The van der Waals surface area contributed by atoms with Gasteiger partial charge in [0.05, 0.1) is 11.5 Å². The number of carbonyl (C=O) groups is 1. The molecule has 2 N–H and O–H groups in total. The number of aliphatic hydroxyl groups is 1. The van der Waals surface area contributed by atoms with Crippen molar-refractivity contribution in [1.82, 2.24) is 4.72 Å². The van der Waals surface area contributed by atoms with Gasteiger partial charge in [-0.05, 0) is 19.1 Å². The fraction of sp³-hybridized carbons (Fsp3) is 0.462. The van der Waals surface area contributed by atoms with Gasteiger partial charge in [-0.2, -0.15) is 0 Å². The first kappa shape index (κ1) is 15.1. The quantitative estimate of drug-likeness (QED) is 0.764. The van der Waals surface area contributed by atoms with Crippen molar-refractivity contribution in [3.63, 3.8) is 0 Å². The van der Waals surface area contributed by atoms with Crippen LogP contribution in [0.2, 0.25) is 0 Å². The summed E-state index contributed by atoms with van der Waals surface area (Å²) < 4.78 is 31.7. The second-order valence-electron chi connectivity index (χ2n) is 4.94. The normalized spacial score (nSPS) is 22.9. The Balaban J connectivity index is 2.14. The molecule has 1 unspecified atom stereocenters. The third kappa shape index (κ3) is 3.43. The molecule has 1 fully saturated rings. The van der Waals surface area contributed by atoms with Gasteiger partial charge in [0, 0.05) is 25.1 Å². The van der Waals surface area contributed by atoms with Crippen LogP contribution in [0.3, 0.4) is 0 Å². The molecule has 1 saturated heterocycles. The average Bonchev–Trinajstić information content (AvgIpc) is 2.84. The molecule has 0 amide bonds. The fourth-order valence-electron chi connectivity index (χ4n) is 1.93. The standard InChI is InChI=1S/C13H17NO5S/c1-10(15)11-3-2-4-12(7-11)20(17,18)14-8-13(16)5-6-19-9-13/h2-4,7,14,16H,5-6,8-9H2,1H3. The van der Waals surface area contributed by atoms with Crippen molar-refractivity contribution >= 4 is 15.8 Å². The zero-order valence-electron chi connectivity index (χ0n) is 11.1. The number of hydrogen-bond acceptors (Lipinski definition) is 5. The van der Waals surface area contributed by atoms with Gasteiger partial charge < -0.3 is 9.84 Å². The lowest BCUT2D eigenvalue weighted by Crippen LogP contribution is -2.43. The van der Waals surface area contributed by atoms with E-state index in [0.29, 0.717) is 18.6 Å². The molecule has 0 radical (unpaired) electrons. The Bertz CT molecular complexity index is 605. The predicted octanol–water partition coefficient (Wildman–Crippen LogP) is 0.319. The van der Waals surface area contributed by atoms with Crippen molar-refractivity contribution in [3.8, 4) is 0 Å². The molecule has 0 aromatic heterocycles. The highest BCUT2D eigenvalue weighted by Crippen LogP contribution is 2.18. The van der Waals surface area contributed by atoms with Gasteiger partial charge >= 0.3 is 0 Å². The van der Waals surface area contributed by atoms with Crippen LogP contribution in [0.15, 0.2) is 29.2 Å². The molecule has 6 nitrogen and oxygen atoms in total. The van der Waals surface area contributed by atoms with Crippen LogP contribution in [0.25, 0.3) is 0 Å². The summed E-state index contributed by atoms with van der Waals surface area (Å²) in [6.45, 7) is 1.79. The van der Waals surface area contributed by atoms with E-state index in [2.05, 4.69) is 4.72 Å². The van der Waals surface area contributed by atoms with Crippen molar-refractivity contribution in [2.24, 2.45) is 0 Å². The topological polar surface area (TPSA) is 92.7 Å². The van der Waals surface area contributed by atoms with Crippen LogP contribution >= 0.6 is 0 Å². The molecular weight excluding hydrogens is 282 g/mol. The van der Waals surface area contributed by atoms with Gasteiger partial charge in [0.2, 0.25) is 10.0 Å². The largest absolute Gasteiger partial charge is 0.386 e. The van der Waals surface area contributed by atoms with E-state index in [4.69, 9.17) is 4.74 Å². The SMILES string of the molecule is CC(=O)c1cccc(S(=O)(=O)NCC2(O)CCOC2)c1. The number of Topliss-reactive ketones (excluding diaryl/α,β-unsaturated/α-hetero) is 1. The number of ether oxygens (including phenoxy) is 1. The maximum atomic E-state index is 12.1. The van der Waals surface area contributed by atoms with E-state index < -0.39 is 15.6 Å². The molecule has 1 aromatic rings. The smallest absolute Gasteiger partial charge is 0.240 e. The van der Waals surface area contributed by atoms with Crippen LogP contribution in [0.1, 0.15) is 23.7 Å². The zero-order chi connectivity index (χ0) is 14.8. The number of nitrogens with one attached hydrogen (secondary N) is 1. The highest BCUT2D eigenvalue weighted by Gasteiger charge is 2.33. The van der Waals surface area contributed by atoms with E-state index in [1.54, 1.807) is 6.07 Å². The van der Waals surface area contributed by atoms with Gasteiger partial charge in [-0.15, -0.1) is 0 Å². The van der Waals surface area contributed by atoms with Gasteiger partial charge in [-0.25, -0.2) is 13.1 Å². The minimum atomic E-state index is -3.76. The van der Waals surface area contributed by atoms with E-state index in [1.165, 1.54) is 25.1 Å². The molecule has 0 spiro atoms. The molecule has 1 atom stereocenters. The average molecular weight is 299 g/mol. The van der Waals surface area contributed by atoms with Gasteiger partial charge in [0.15, 0.2) is 5.78 Å². The van der Waals surface area contributed by atoms with Crippen LogP contribution in [0.4, 0.5) is 0 Å². The Morgan fingerprint density at radius 1 is 1.50 bits per heavy atom. The number of benzene rings is 1. The molecule has 0 bridgehead atoms. The first-order chi connectivity index (χ1) is 9.32. The highest BCUT2D eigenvalue weighted by molar-refractivity contribution is 7.89. The van der Waals surface area contributed by atoms with Crippen molar-refractivity contribution in [1.29, 1.82) is 0 Å². The monoisotopic (exact) mass is 299 g/mol. The third-order valence-electron chi connectivity index (χ3n) is 3.22. The van der Waals surface area contributed by atoms with E-state index in [-0.39, 0.29) is 23.8 Å². The number of hydrogen-bond donors (Lipinski definition) is 2. The van der Waals surface area contributed by atoms with Gasteiger partial charge in [0.1, 0.15) is 5.60 Å². The molecule has 1 heterocycles. The molecule has 1 aliphatic heterocycles. The summed E-state index contributed by atoms with van der Waals surface area (Å²) in [4.78, 5) is 11.3. The van der Waals surface area contributed by atoms with Gasteiger partial charge in [-0.1, -0.05) is 12.1 Å². The summed E-state index contributed by atoms with van der Waals surface area (Å²) in [5.41, 5.74) is -0.832. The van der Waals surface area contributed by atoms with E-state index in [1.807, 2.05) is 0 Å². The molecule has 0 saturated carbocycles. The molecule has 7 heteroatoms.